The summed E-state index contributed by atoms with van der Waals surface area (Å²) in [5.74, 6) is 1.78. The lowest BCUT2D eigenvalue weighted by atomic mass is 9.55. The van der Waals surface area contributed by atoms with E-state index in [0.29, 0.717) is 6.61 Å². The molecule has 2 aromatic carbocycles. The molecule has 4 nitrogen and oxygen atoms in total. The number of benzene rings is 2. The molecule has 4 unspecified atom stereocenters. The molecule has 154 valence electrons. The summed E-state index contributed by atoms with van der Waals surface area (Å²) in [6.07, 6.45) is 2.98. The number of ether oxygens (including phenoxy) is 1. The first-order valence-corrected chi connectivity index (χ1v) is 11.0. The number of fused-ring (bicyclic) bond motifs is 4. The lowest BCUT2D eigenvalue weighted by Gasteiger charge is -2.62. The van der Waals surface area contributed by atoms with E-state index in [4.69, 9.17) is 10.5 Å². The van der Waals surface area contributed by atoms with Gasteiger partial charge < -0.3 is 15.6 Å². The molecule has 2 aliphatic carbocycles. The number of piperidine rings is 1. The Morgan fingerprint density at radius 3 is 2.66 bits per heavy atom. The van der Waals surface area contributed by atoms with Gasteiger partial charge in [-0.15, -0.1) is 0 Å². The Labute approximate surface area is 173 Å². The van der Waals surface area contributed by atoms with Crippen molar-refractivity contribution >= 4 is 0 Å². The number of aliphatic hydroxyl groups excluding tert-OH is 1. The van der Waals surface area contributed by atoms with Crippen LogP contribution in [0.4, 0.5) is 0 Å². The average molecular weight is 393 g/mol. The zero-order valence-corrected chi connectivity index (χ0v) is 17.5. The fourth-order valence-electron chi connectivity index (χ4n) is 5.55. The Kier molecular flexibility index (Phi) is 4.50. The molecule has 0 amide bonds. The van der Waals surface area contributed by atoms with Crippen LogP contribution < -0.4 is 10.5 Å². The molecule has 29 heavy (non-hydrogen) atoms. The van der Waals surface area contributed by atoms with Crippen LogP contribution in [0.2, 0.25) is 0 Å². The smallest absolute Gasteiger partial charge is 0.120 e. The van der Waals surface area contributed by atoms with E-state index in [1.165, 1.54) is 18.4 Å². The number of hydrogen-bond donors (Lipinski definition) is 2. The van der Waals surface area contributed by atoms with Crippen LogP contribution in [0.1, 0.15) is 55.9 Å². The Bertz CT molecular complexity index is 897. The minimum absolute atomic E-state index is 0.0600. The molecule has 1 saturated carbocycles. The van der Waals surface area contributed by atoms with Gasteiger partial charge in [0.15, 0.2) is 0 Å². The normalized spacial score (nSPS) is 33.9. The maximum atomic E-state index is 11.4. The predicted molar refractivity (Wildman–Crippen MR) is 115 cm³/mol. The molecule has 2 fully saturated rings. The van der Waals surface area contributed by atoms with E-state index < -0.39 is 11.8 Å². The van der Waals surface area contributed by atoms with E-state index >= 15 is 0 Å². The lowest BCUT2D eigenvalue weighted by Crippen LogP contribution is -2.73. The van der Waals surface area contributed by atoms with Crippen molar-refractivity contribution in [2.75, 3.05) is 13.1 Å². The second kappa shape index (κ2) is 6.83. The Balaban J connectivity index is 1.46. The molecule has 1 aliphatic heterocycles. The number of nitrogens with two attached hydrogens (primary N) is 1. The van der Waals surface area contributed by atoms with Gasteiger partial charge in [0.2, 0.25) is 0 Å². The van der Waals surface area contributed by atoms with E-state index in [0.717, 1.165) is 42.3 Å². The van der Waals surface area contributed by atoms with Crippen LogP contribution >= 0.6 is 0 Å². The standard InChI is InChI=1S/C25H32N2O2/c1-17-24(2)12-13-27(15-18-8-9-18)25(17,26)23(28)21-11-10-20(14-22(21)24)29-16-19-6-4-3-5-7-19/h3-7,10-11,14,17-18,23,28H,8-9,12-13,15-16,26H2,1-2H3. The van der Waals surface area contributed by atoms with Crippen LogP contribution in [-0.4, -0.2) is 28.8 Å². The fraction of sp³-hybridized carbons (Fsp3) is 0.520. The highest BCUT2D eigenvalue weighted by Crippen LogP contribution is 2.56. The molecule has 0 spiro atoms. The Morgan fingerprint density at radius 2 is 1.93 bits per heavy atom. The highest BCUT2D eigenvalue weighted by atomic mass is 16.5. The van der Waals surface area contributed by atoms with E-state index in [2.05, 4.69) is 36.9 Å². The summed E-state index contributed by atoms with van der Waals surface area (Å²) in [5, 5.41) is 11.4. The fourth-order valence-corrected chi connectivity index (χ4v) is 5.55. The predicted octanol–water partition coefficient (Wildman–Crippen LogP) is 3.98. The van der Waals surface area contributed by atoms with Crippen molar-refractivity contribution in [3.05, 3.63) is 65.2 Å². The van der Waals surface area contributed by atoms with E-state index in [1.54, 1.807) is 0 Å². The van der Waals surface area contributed by atoms with Gasteiger partial charge in [-0.1, -0.05) is 50.2 Å². The van der Waals surface area contributed by atoms with Crippen molar-refractivity contribution in [3.8, 4) is 5.75 Å². The molecule has 3 N–H and O–H groups in total. The molecule has 3 aliphatic rings. The average Bonchev–Trinajstić information content (AvgIpc) is 3.56. The Hall–Kier alpha value is -1.88. The molecule has 1 heterocycles. The summed E-state index contributed by atoms with van der Waals surface area (Å²) in [6, 6.07) is 16.4. The third kappa shape index (κ3) is 3.00. The van der Waals surface area contributed by atoms with Gasteiger partial charge in [-0.2, -0.15) is 0 Å². The summed E-state index contributed by atoms with van der Waals surface area (Å²) < 4.78 is 6.10. The van der Waals surface area contributed by atoms with Crippen molar-refractivity contribution in [3.63, 3.8) is 0 Å². The third-order valence-electron chi connectivity index (χ3n) is 7.89. The lowest BCUT2D eigenvalue weighted by molar-refractivity contribution is -0.129. The molecule has 1 saturated heterocycles. The summed E-state index contributed by atoms with van der Waals surface area (Å²) in [6.45, 7) is 7.05. The quantitative estimate of drug-likeness (QED) is 0.808. The number of nitrogens with zero attached hydrogens (tertiary/aromatic N) is 1. The van der Waals surface area contributed by atoms with Crippen molar-refractivity contribution in [1.82, 2.24) is 4.90 Å². The largest absolute Gasteiger partial charge is 0.489 e. The molecule has 0 aromatic heterocycles. The SMILES string of the molecule is CC1C2(C)CCN(CC3CC3)C1(N)C(O)c1ccc(OCc3ccccc3)cc12. The van der Waals surface area contributed by atoms with Crippen LogP contribution in [0.15, 0.2) is 48.5 Å². The van der Waals surface area contributed by atoms with Gasteiger partial charge >= 0.3 is 0 Å². The zero-order valence-electron chi connectivity index (χ0n) is 17.5. The van der Waals surface area contributed by atoms with Crippen LogP contribution in [0.3, 0.4) is 0 Å². The highest BCUT2D eigenvalue weighted by molar-refractivity contribution is 5.47. The highest BCUT2D eigenvalue weighted by Gasteiger charge is 2.60. The molecule has 2 aromatic rings. The minimum atomic E-state index is -0.699. The monoisotopic (exact) mass is 392 g/mol. The van der Waals surface area contributed by atoms with Crippen molar-refractivity contribution < 1.29 is 9.84 Å². The summed E-state index contributed by atoms with van der Waals surface area (Å²) >= 11 is 0. The molecule has 2 bridgehead atoms. The van der Waals surface area contributed by atoms with Crippen LogP contribution in [0.25, 0.3) is 0 Å². The van der Waals surface area contributed by atoms with Crippen molar-refractivity contribution in [2.45, 2.75) is 56.9 Å². The maximum Gasteiger partial charge on any atom is 0.120 e. The molecule has 4 heteroatoms. The van der Waals surface area contributed by atoms with Gasteiger partial charge in [-0.05, 0) is 65.3 Å². The third-order valence-corrected chi connectivity index (χ3v) is 7.89. The van der Waals surface area contributed by atoms with Crippen LogP contribution in [0, 0.1) is 11.8 Å². The van der Waals surface area contributed by atoms with E-state index in [-0.39, 0.29) is 11.3 Å². The van der Waals surface area contributed by atoms with Crippen molar-refractivity contribution in [2.24, 2.45) is 17.6 Å². The second-order valence-corrected chi connectivity index (χ2v) is 9.59. The van der Waals surface area contributed by atoms with Gasteiger partial charge in [0.1, 0.15) is 24.1 Å². The second-order valence-electron chi connectivity index (χ2n) is 9.59. The first-order chi connectivity index (χ1) is 13.9. The number of aliphatic hydroxyl groups is 1. The van der Waals surface area contributed by atoms with Crippen molar-refractivity contribution in [1.29, 1.82) is 0 Å². The van der Waals surface area contributed by atoms with E-state index in [9.17, 15) is 5.11 Å². The Morgan fingerprint density at radius 1 is 1.17 bits per heavy atom. The van der Waals surface area contributed by atoms with Crippen LogP contribution in [-0.2, 0) is 12.0 Å². The molecular weight excluding hydrogens is 360 g/mol. The maximum absolute atomic E-state index is 11.4. The minimum Gasteiger partial charge on any atom is -0.489 e. The van der Waals surface area contributed by atoms with Crippen LogP contribution in [0.5, 0.6) is 5.75 Å². The van der Waals surface area contributed by atoms with Gasteiger partial charge in [0.05, 0.1) is 0 Å². The van der Waals surface area contributed by atoms with Gasteiger partial charge in [0, 0.05) is 13.1 Å². The molecular formula is C25H32N2O2. The summed E-state index contributed by atoms with van der Waals surface area (Å²) in [4.78, 5) is 2.38. The van der Waals surface area contributed by atoms with E-state index in [1.807, 2.05) is 30.3 Å². The molecule has 4 atom stereocenters. The number of likely N-dealkylation sites (tertiary alicyclic amines) is 1. The number of hydrogen-bond acceptors (Lipinski definition) is 4. The topological polar surface area (TPSA) is 58.7 Å². The first-order valence-electron chi connectivity index (χ1n) is 11.0. The molecule has 5 rings (SSSR count). The number of rotatable bonds is 5. The summed E-state index contributed by atoms with van der Waals surface area (Å²) in [5.41, 5.74) is 9.59. The molecule has 0 radical (unpaired) electrons. The van der Waals surface area contributed by atoms with Gasteiger partial charge in [0.25, 0.3) is 0 Å². The first kappa shape index (κ1) is 19.1. The van der Waals surface area contributed by atoms with Gasteiger partial charge in [-0.3, -0.25) is 4.90 Å². The zero-order chi connectivity index (χ0) is 20.2. The van der Waals surface area contributed by atoms with Gasteiger partial charge in [-0.25, -0.2) is 0 Å². The summed E-state index contributed by atoms with van der Waals surface area (Å²) in [7, 11) is 0.